The summed E-state index contributed by atoms with van der Waals surface area (Å²) in [5, 5.41) is 0. The van der Waals surface area contributed by atoms with Gasteiger partial charge in [-0.3, -0.25) is 9.88 Å². The van der Waals surface area contributed by atoms with Gasteiger partial charge in [-0.2, -0.15) is 0 Å². The summed E-state index contributed by atoms with van der Waals surface area (Å²) in [4.78, 5) is 6.52. The molecule has 4 nitrogen and oxygen atoms in total. The number of benzene rings is 1. The summed E-state index contributed by atoms with van der Waals surface area (Å²) in [5.41, 5.74) is 8.80. The molecule has 4 heteroatoms. The van der Waals surface area contributed by atoms with Crippen LogP contribution in [0.3, 0.4) is 0 Å². The van der Waals surface area contributed by atoms with E-state index >= 15 is 0 Å². The molecule has 0 aliphatic carbocycles. The van der Waals surface area contributed by atoms with Crippen molar-refractivity contribution in [2.45, 2.75) is 13.1 Å². The number of nitrogen functional groups attached to an aromatic ring is 1. The number of aromatic nitrogens is 1. The van der Waals surface area contributed by atoms with Crippen LogP contribution in [0.4, 0.5) is 5.69 Å². The number of nitrogens with zero attached hydrogens (tertiary/aromatic N) is 2. The van der Waals surface area contributed by atoms with Crippen LogP contribution in [0.25, 0.3) is 0 Å². The molecule has 0 saturated carbocycles. The first-order valence-electron chi connectivity index (χ1n) is 6.20. The van der Waals surface area contributed by atoms with Gasteiger partial charge in [0.25, 0.3) is 0 Å². The van der Waals surface area contributed by atoms with Gasteiger partial charge in [-0.1, -0.05) is 12.1 Å². The number of nitrogens with two attached hydrogens (primary N) is 1. The fourth-order valence-corrected chi connectivity index (χ4v) is 2.02. The van der Waals surface area contributed by atoms with E-state index in [1.807, 2.05) is 42.6 Å². The molecule has 0 spiro atoms. The van der Waals surface area contributed by atoms with Crippen LogP contribution in [-0.2, 0) is 13.1 Å². The molecule has 0 saturated heterocycles. The standard InChI is InChI=1S/C15H19N3O/c1-18(11-13-5-3-4-8-17-13)10-12-6-7-15(19-2)14(16)9-12/h3-9H,10-11,16H2,1-2H3. The Kier molecular flexibility index (Phi) is 4.36. The zero-order valence-electron chi connectivity index (χ0n) is 11.3. The smallest absolute Gasteiger partial charge is 0.141 e. The van der Waals surface area contributed by atoms with Gasteiger partial charge in [0, 0.05) is 19.3 Å². The Balaban J connectivity index is 1.99. The zero-order valence-corrected chi connectivity index (χ0v) is 11.3. The lowest BCUT2D eigenvalue weighted by molar-refractivity contribution is 0.315. The van der Waals surface area contributed by atoms with Crippen LogP contribution in [0.1, 0.15) is 11.3 Å². The van der Waals surface area contributed by atoms with E-state index in [1.54, 1.807) is 7.11 Å². The zero-order chi connectivity index (χ0) is 13.7. The largest absolute Gasteiger partial charge is 0.495 e. The maximum Gasteiger partial charge on any atom is 0.141 e. The summed E-state index contributed by atoms with van der Waals surface area (Å²) in [6.07, 6.45) is 1.81. The third-order valence-corrected chi connectivity index (χ3v) is 2.90. The van der Waals surface area contributed by atoms with Crippen molar-refractivity contribution in [2.75, 3.05) is 19.9 Å². The number of methoxy groups -OCH3 is 1. The van der Waals surface area contributed by atoms with Gasteiger partial charge in [0.15, 0.2) is 0 Å². The molecule has 2 rings (SSSR count). The molecule has 0 atom stereocenters. The first-order valence-corrected chi connectivity index (χ1v) is 6.20. The van der Waals surface area contributed by atoms with E-state index in [4.69, 9.17) is 10.5 Å². The highest BCUT2D eigenvalue weighted by Gasteiger charge is 2.05. The Morgan fingerprint density at radius 2 is 2.05 bits per heavy atom. The maximum absolute atomic E-state index is 5.90. The van der Waals surface area contributed by atoms with Gasteiger partial charge in [-0.15, -0.1) is 0 Å². The van der Waals surface area contributed by atoms with Gasteiger partial charge in [-0.25, -0.2) is 0 Å². The van der Waals surface area contributed by atoms with E-state index in [2.05, 4.69) is 16.9 Å². The third-order valence-electron chi connectivity index (χ3n) is 2.90. The molecule has 1 aromatic heterocycles. The van der Waals surface area contributed by atoms with Crippen molar-refractivity contribution < 1.29 is 4.74 Å². The normalized spacial score (nSPS) is 10.7. The van der Waals surface area contributed by atoms with Gasteiger partial charge >= 0.3 is 0 Å². The Labute approximate surface area is 113 Å². The highest BCUT2D eigenvalue weighted by Crippen LogP contribution is 2.22. The molecule has 2 N–H and O–H groups in total. The number of rotatable bonds is 5. The van der Waals surface area contributed by atoms with Crippen molar-refractivity contribution in [1.82, 2.24) is 9.88 Å². The molecule has 19 heavy (non-hydrogen) atoms. The van der Waals surface area contributed by atoms with Gasteiger partial charge in [0.05, 0.1) is 18.5 Å². The number of anilines is 1. The molecule has 0 bridgehead atoms. The second kappa shape index (κ2) is 6.20. The van der Waals surface area contributed by atoms with E-state index in [0.29, 0.717) is 5.69 Å². The minimum Gasteiger partial charge on any atom is -0.495 e. The van der Waals surface area contributed by atoms with Crippen LogP contribution in [0, 0.1) is 0 Å². The van der Waals surface area contributed by atoms with Crippen molar-refractivity contribution >= 4 is 5.69 Å². The monoisotopic (exact) mass is 257 g/mol. The Morgan fingerprint density at radius 1 is 1.21 bits per heavy atom. The van der Waals surface area contributed by atoms with Crippen LogP contribution < -0.4 is 10.5 Å². The molecule has 0 amide bonds. The average Bonchev–Trinajstić information content (AvgIpc) is 2.40. The molecule has 0 fully saturated rings. The van der Waals surface area contributed by atoms with Crippen LogP contribution in [-0.4, -0.2) is 24.0 Å². The van der Waals surface area contributed by atoms with E-state index < -0.39 is 0 Å². The Hall–Kier alpha value is -2.07. The van der Waals surface area contributed by atoms with Crippen LogP contribution >= 0.6 is 0 Å². The molecule has 100 valence electrons. The summed E-state index contributed by atoms with van der Waals surface area (Å²) < 4.78 is 5.15. The minimum atomic E-state index is 0.672. The molecular weight excluding hydrogens is 238 g/mol. The highest BCUT2D eigenvalue weighted by atomic mass is 16.5. The third kappa shape index (κ3) is 3.69. The van der Waals surface area contributed by atoms with E-state index in [0.717, 1.165) is 30.1 Å². The van der Waals surface area contributed by atoms with Crippen molar-refractivity contribution in [3.63, 3.8) is 0 Å². The van der Waals surface area contributed by atoms with Gasteiger partial charge in [0.1, 0.15) is 5.75 Å². The predicted octanol–water partition coefficient (Wildman–Crippen LogP) is 2.30. The molecule has 0 unspecified atom stereocenters. The Morgan fingerprint density at radius 3 is 2.68 bits per heavy atom. The fourth-order valence-electron chi connectivity index (χ4n) is 2.02. The molecule has 1 aromatic carbocycles. The number of pyridine rings is 1. The summed E-state index contributed by atoms with van der Waals surface area (Å²) in [6, 6.07) is 11.8. The van der Waals surface area contributed by atoms with E-state index in [-0.39, 0.29) is 0 Å². The molecule has 2 aromatic rings. The summed E-state index contributed by atoms with van der Waals surface area (Å²) in [7, 11) is 3.69. The number of hydrogen-bond donors (Lipinski definition) is 1. The molecule has 0 aliphatic rings. The van der Waals surface area contributed by atoms with Crippen molar-refractivity contribution in [3.05, 3.63) is 53.9 Å². The summed E-state index contributed by atoms with van der Waals surface area (Å²) in [6.45, 7) is 1.64. The second-order valence-corrected chi connectivity index (χ2v) is 4.57. The number of ether oxygens (including phenoxy) is 1. The van der Waals surface area contributed by atoms with Crippen molar-refractivity contribution in [3.8, 4) is 5.75 Å². The Bertz CT molecular complexity index is 528. The summed E-state index contributed by atoms with van der Waals surface area (Å²) in [5.74, 6) is 0.719. The van der Waals surface area contributed by atoms with Gasteiger partial charge in [-0.05, 0) is 36.9 Å². The SMILES string of the molecule is COc1ccc(CN(C)Cc2ccccn2)cc1N. The van der Waals surface area contributed by atoms with Gasteiger partial charge in [0.2, 0.25) is 0 Å². The lowest BCUT2D eigenvalue weighted by Gasteiger charge is -2.17. The summed E-state index contributed by atoms with van der Waals surface area (Å²) >= 11 is 0. The predicted molar refractivity (Wildman–Crippen MR) is 76.8 cm³/mol. The lowest BCUT2D eigenvalue weighted by atomic mass is 10.1. The first-order chi connectivity index (χ1) is 9.19. The number of hydrogen-bond acceptors (Lipinski definition) is 4. The molecular formula is C15H19N3O. The van der Waals surface area contributed by atoms with Crippen LogP contribution in [0.5, 0.6) is 5.75 Å². The molecule has 1 heterocycles. The minimum absolute atomic E-state index is 0.672. The topological polar surface area (TPSA) is 51.4 Å². The van der Waals surface area contributed by atoms with Crippen LogP contribution in [0.15, 0.2) is 42.6 Å². The lowest BCUT2D eigenvalue weighted by Crippen LogP contribution is -2.18. The quantitative estimate of drug-likeness (QED) is 0.835. The highest BCUT2D eigenvalue weighted by molar-refractivity contribution is 5.54. The molecule has 0 aliphatic heterocycles. The fraction of sp³-hybridized carbons (Fsp3) is 0.267. The molecule has 0 radical (unpaired) electrons. The first kappa shape index (κ1) is 13.4. The van der Waals surface area contributed by atoms with Gasteiger partial charge < -0.3 is 10.5 Å². The van der Waals surface area contributed by atoms with E-state index in [1.165, 1.54) is 0 Å². The second-order valence-electron chi connectivity index (χ2n) is 4.57. The average molecular weight is 257 g/mol. The van der Waals surface area contributed by atoms with E-state index in [9.17, 15) is 0 Å². The maximum atomic E-state index is 5.90. The van der Waals surface area contributed by atoms with Crippen molar-refractivity contribution in [2.24, 2.45) is 0 Å². The van der Waals surface area contributed by atoms with Crippen molar-refractivity contribution in [1.29, 1.82) is 0 Å². The van der Waals surface area contributed by atoms with Crippen LogP contribution in [0.2, 0.25) is 0 Å².